The maximum atomic E-state index is 11.7. The standard InChI is InChI=1S/C16H26N2O9/c1-8(19)18-13-15(26-11(4)22)14(25-10(3)21)12(7-24-9(2)20)27-16(13)23-6-5-17/h12-16H,5-7,17H2,1-4H3,(H,18,19)/t12-,13-,14-,15-,16?/m1/s1/i16D. The Kier molecular flexibility index (Phi) is 8.43. The summed E-state index contributed by atoms with van der Waals surface area (Å²) in [6, 6.07) is -1.36. The molecule has 0 aromatic heterocycles. The Labute approximate surface area is 158 Å². The van der Waals surface area contributed by atoms with Crippen molar-refractivity contribution in [3.05, 3.63) is 0 Å². The normalized spacial score (nSPS) is 30.6. The van der Waals surface area contributed by atoms with E-state index in [1.807, 2.05) is 0 Å². The van der Waals surface area contributed by atoms with Gasteiger partial charge < -0.3 is 34.7 Å². The summed E-state index contributed by atoms with van der Waals surface area (Å²) in [4.78, 5) is 46.1. The van der Waals surface area contributed by atoms with E-state index in [0.717, 1.165) is 20.8 Å². The van der Waals surface area contributed by atoms with Crippen LogP contribution in [0.5, 0.6) is 0 Å². The third-order valence-corrected chi connectivity index (χ3v) is 3.32. The van der Waals surface area contributed by atoms with Crippen LogP contribution in [0.4, 0.5) is 0 Å². The molecule has 1 aliphatic heterocycles. The van der Waals surface area contributed by atoms with Crippen molar-refractivity contribution in [3.8, 4) is 0 Å². The van der Waals surface area contributed by atoms with Gasteiger partial charge in [0.25, 0.3) is 0 Å². The van der Waals surface area contributed by atoms with Crippen LogP contribution in [0.1, 0.15) is 29.1 Å². The summed E-state index contributed by atoms with van der Waals surface area (Å²) in [5, 5.41) is 2.43. The summed E-state index contributed by atoms with van der Waals surface area (Å²) < 4.78 is 34.9. The zero-order valence-corrected chi connectivity index (χ0v) is 15.7. The van der Waals surface area contributed by atoms with Crippen molar-refractivity contribution in [1.82, 2.24) is 5.32 Å². The minimum atomic E-state index is -2.26. The van der Waals surface area contributed by atoms with E-state index in [1.54, 1.807) is 0 Å². The lowest BCUT2D eigenvalue weighted by molar-refractivity contribution is -0.277. The molecule has 5 atom stereocenters. The highest BCUT2D eigenvalue weighted by Gasteiger charge is 2.51. The predicted molar refractivity (Wildman–Crippen MR) is 89.0 cm³/mol. The van der Waals surface area contributed by atoms with E-state index in [0.29, 0.717) is 0 Å². The molecule has 154 valence electrons. The first-order valence-electron chi connectivity index (χ1n) is 8.77. The lowest BCUT2D eigenvalue weighted by Gasteiger charge is -2.44. The van der Waals surface area contributed by atoms with Gasteiger partial charge in [0, 0.05) is 34.2 Å². The molecule has 0 aromatic carbocycles. The Morgan fingerprint density at radius 1 is 1.04 bits per heavy atom. The molecule has 1 fully saturated rings. The first-order valence-corrected chi connectivity index (χ1v) is 8.27. The number of carbonyl (C=O) groups is 4. The van der Waals surface area contributed by atoms with Gasteiger partial charge >= 0.3 is 17.9 Å². The van der Waals surface area contributed by atoms with E-state index in [9.17, 15) is 19.2 Å². The number of hydrogen-bond acceptors (Lipinski definition) is 10. The average Bonchev–Trinajstić information content (AvgIpc) is 2.56. The Bertz CT molecular complexity index is 603. The molecule has 3 N–H and O–H groups in total. The minimum absolute atomic E-state index is 0.0387. The molecule has 0 aromatic rings. The van der Waals surface area contributed by atoms with Crippen LogP contribution in [0, 0.1) is 0 Å². The SMILES string of the molecule is [2H]C1(OCCN)O[C@H](COC(C)=O)[C@@H](OC(C)=O)[C@H](OC(C)=O)[C@H]1NC(C)=O. The predicted octanol–water partition coefficient (Wildman–Crippen LogP) is -1.38. The molecular formula is C16H26N2O9. The van der Waals surface area contributed by atoms with E-state index >= 15 is 0 Å². The van der Waals surface area contributed by atoms with Crippen molar-refractivity contribution in [2.45, 2.75) is 58.3 Å². The number of esters is 3. The van der Waals surface area contributed by atoms with Gasteiger partial charge in [0.2, 0.25) is 5.91 Å². The molecule has 0 spiro atoms. The third kappa shape index (κ3) is 7.49. The van der Waals surface area contributed by atoms with Crippen molar-refractivity contribution < 1.29 is 44.2 Å². The smallest absolute Gasteiger partial charge is 0.303 e. The molecule has 11 nitrogen and oxygen atoms in total. The Morgan fingerprint density at radius 2 is 1.63 bits per heavy atom. The van der Waals surface area contributed by atoms with Gasteiger partial charge in [-0.2, -0.15) is 0 Å². The van der Waals surface area contributed by atoms with Crippen LogP contribution < -0.4 is 11.1 Å². The zero-order chi connectivity index (χ0) is 21.5. The molecule has 1 unspecified atom stereocenters. The molecule has 1 amide bonds. The molecule has 1 saturated heterocycles. The van der Waals surface area contributed by atoms with E-state index < -0.39 is 61.0 Å². The first kappa shape index (κ1) is 21.1. The summed E-state index contributed by atoms with van der Waals surface area (Å²) in [5.41, 5.74) is 5.42. The van der Waals surface area contributed by atoms with Crippen molar-refractivity contribution in [3.63, 3.8) is 0 Å². The Morgan fingerprint density at radius 3 is 2.11 bits per heavy atom. The van der Waals surface area contributed by atoms with Gasteiger partial charge in [-0.15, -0.1) is 0 Å². The number of hydrogen-bond donors (Lipinski definition) is 2. The van der Waals surface area contributed by atoms with Gasteiger partial charge in [-0.1, -0.05) is 0 Å². The Hall–Kier alpha value is -2.24. The van der Waals surface area contributed by atoms with Crippen molar-refractivity contribution >= 4 is 23.8 Å². The summed E-state index contributed by atoms with van der Waals surface area (Å²) in [5.74, 6) is -2.71. The number of ether oxygens (including phenoxy) is 5. The fourth-order valence-electron chi connectivity index (χ4n) is 2.46. The van der Waals surface area contributed by atoms with Crippen molar-refractivity contribution in [2.24, 2.45) is 5.73 Å². The van der Waals surface area contributed by atoms with Crippen LogP contribution in [0.25, 0.3) is 0 Å². The number of rotatable bonds is 8. The van der Waals surface area contributed by atoms with Crippen LogP contribution in [-0.4, -0.2) is 74.2 Å². The quantitative estimate of drug-likeness (QED) is 0.374. The van der Waals surface area contributed by atoms with Crippen LogP contribution in [-0.2, 0) is 42.9 Å². The monoisotopic (exact) mass is 391 g/mol. The highest BCUT2D eigenvalue weighted by Crippen LogP contribution is 2.27. The van der Waals surface area contributed by atoms with E-state index in [1.165, 1.54) is 6.92 Å². The second-order valence-electron chi connectivity index (χ2n) is 5.74. The van der Waals surface area contributed by atoms with Gasteiger partial charge in [-0.3, -0.25) is 19.2 Å². The van der Waals surface area contributed by atoms with E-state index in [2.05, 4.69) is 5.32 Å². The van der Waals surface area contributed by atoms with Crippen LogP contribution >= 0.6 is 0 Å². The Balaban J connectivity index is 3.37. The molecule has 1 rings (SSSR count). The van der Waals surface area contributed by atoms with Gasteiger partial charge in [-0.25, -0.2) is 0 Å². The maximum Gasteiger partial charge on any atom is 0.303 e. The number of amides is 1. The number of nitrogens with one attached hydrogen (secondary N) is 1. The lowest BCUT2D eigenvalue weighted by atomic mass is 9.96. The minimum Gasteiger partial charge on any atom is -0.463 e. The van der Waals surface area contributed by atoms with Crippen molar-refractivity contribution in [2.75, 3.05) is 19.8 Å². The lowest BCUT2D eigenvalue weighted by Crippen LogP contribution is -2.66. The van der Waals surface area contributed by atoms with Crippen LogP contribution in [0.2, 0.25) is 0 Å². The topological polar surface area (TPSA) is 152 Å². The molecule has 0 radical (unpaired) electrons. The second kappa shape index (κ2) is 10.8. The molecule has 27 heavy (non-hydrogen) atoms. The summed E-state index contributed by atoms with van der Waals surface area (Å²) in [7, 11) is 0. The summed E-state index contributed by atoms with van der Waals surface area (Å²) in [6.45, 7) is 4.08. The van der Waals surface area contributed by atoms with Gasteiger partial charge in [-0.05, 0) is 0 Å². The number of nitrogens with two attached hydrogens (primary N) is 1. The molecule has 1 heterocycles. The van der Waals surface area contributed by atoms with Crippen molar-refractivity contribution in [1.29, 1.82) is 0 Å². The van der Waals surface area contributed by atoms with E-state index in [4.69, 9.17) is 30.8 Å². The third-order valence-electron chi connectivity index (χ3n) is 3.32. The van der Waals surface area contributed by atoms with Gasteiger partial charge in [0.1, 0.15) is 18.8 Å². The molecule has 0 bridgehead atoms. The zero-order valence-electron chi connectivity index (χ0n) is 16.7. The van der Waals surface area contributed by atoms with Gasteiger partial charge in [0.05, 0.1) is 7.98 Å². The first-order chi connectivity index (χ1) is 13.0. The molecule has 1 aliphatic rings. The highest BCUT2D eigenvalue weighted by molar-refractivity contribution is 5.73. The molecule has 0 aliphatic carbocycles. The largest absolute Gasteiger partial charge is 0.463 e. The van der Waals surface area contributed by atoms with Crippen LogP contribution in [0.3, 0.4) is 0 Å². The average molecular weight is 391 g/mol. The fourth-order valence-corrected chi connectivity index (χ4v) is 2.46. The number of carbonyl (C=O) groups excluding carboxylic acids is 4. The summed E-state index contributed by atoms with van der Waals surface area (Å²) >= 11 is 0. The maximum absolute atomic E-state index is 11.7. The van der Waals surface area contributed by atoms with Crippen LogP contribution in [0.15, 0.2) is 0 Å². The van der Waals surface area contributed by atoms with E-state index in [-0.39, 0.29) is 13.2 Å². The fraction of sp³-hybridized carbons (Fsp3) is 0.750. The summed E-state index contributed by atoms with van der Waals surface area (Å²) in [6.07, 6.45) is -6.10. The molecular weight excluding hydrogens is 364 g/mol. The van der Waals surface area contributed by atoms with Gasteiger partial charge in [0.15, 0.2) is 18.5 Å². The molecule has 11 heteroatoms. The molecule has 0 saturated carbocycles. The highest BCUT2D eigenvalue weighted by atomic mass is 16.7. The second-order valence-corrected chi connectivity index (χ2v) is 5.74.